The van der Waals surface area contributed by atoms with E-state index in [0.717, 1.165) is 32.1 Å². The third-order valence-electron chi connectivity index (χ3n) is 2.00. The molecule has 1 aliphatic carbocycles. The Labute approximate surface area is 80.7 Å². The van der Waals surface area contributed by atoms with Gasteiger partial charge >= 0.3 is 12.3 Å². The summed E-state index contributed by atoms with van der Waals surface area (Å²) in [6.45, 7) is 0. The average molecular weight is 204 g/mol. The molecule has 0 heterocycles. The minimum absolute atomic E-state index is 0.173. The molecule has 6 nitrogen and oxygen atoms in total. The highest BCUT2D eigenvalue weighted by Crippen LogP contribution is 2.20. The van der Waals surface area contributed by atoms with E-state index in [1.165, 1.54) is 0 Å². The van der Waals surface area contributed by atoms with Crippen molar-refractivity contribution in [3.63, 3.8) is 0 Å². The van der Waals surface area contributed by atoms with Crippen LogP contribution in [0.3, 0.4) is 0 Å². The van der Waals surface area contributed by atoms with Crippen LogP contribution in [0.25, 0.3) is 0 Å². The van der Waals surface area contributed by atoms with Gasteiger partial charge in [-0.25, -0.2) is 9.68 Å². The van der Waals surface area contributed by atoms with Gasteiger partial charge in [-0.3, -0.25) is 0 Å². The Kier molecular flexibility index (Phi) is 4.03. The van der Waals surface area contributed by atoms with Gasteiger partial charge in [0.1, 0.15) is 6.10 Å². The van der Waals surface area contributed by atoms with Crippen molar-refractivity contribution in [2.75, 3.05) is 0 Å². The Bertz CT molecular complexity index is 208. The number of rotatable bonds is 1. The normalized spacial score (nSPS) is 17.1. The van der Waals surface area contributed by atoms with Gasteiger partial charge in [0.15, 0.2) is 0 Å². The lowest BCUT2D eigenvalue weighted by molar-refractivity contribution is -0.217. The summed E-state index contributed by atoms with van der Waals surface area (Å²) >= 11 is 0. The van der Waals surface area contributed by atoms with Crippen LogP contribution in [-0.2, 0) is 14.5 Å². The molecule has 0 atom stereocenters. The van der Waals surface area contributed by atoms with Crippen molar-refractivity contribution < 1.29 is 29.2 Å². The van der Waals surface area contributed by atoms with Gasteiger partial charge in [-0.05, 0) is 25.7 Å². The highest BCUT2D eigenvalue weighted by molar-refractivity contribution is 5.62. The van der Waals surface area contributed by atoms with Gasteiger partial charge in [0.05, 0.1) is 0 Å². The second kappa shape index (κ2) is 5.31. The molecule has 0 unspecified atom stereocenters. The summed E-state index contributed by atoms with van der Waals surface area (Å²) in [4.78, 5) is 28.1. The maximum Gasteiger partial charge on any atom is 0.550 e. The lowest BCUT2D eigenvalue weighted by Crippen LogP contribution is -2.22. The van der Waals surface area contributed by atoms with Crippen molar-refractivity contribution in [2.24, 2.45) is 0 Å². The number of carbonyl (C=O) groups excluding carboxylic acids is 1. The van der Waals surface area contributed by atoms with Crippen molar-refractivity contribution in [1.29, 1.82) is 0 Å². The van der Waals surface area contributed by atoms with Crippen molar-refractivity contribution in [2.45, 2.75) is 38.2 Å². The minimum atomic E-state index is -1.68. The van der Waals surface area contributed by atoms with Crippen molar-refractivity contribution in [3.05, 3.63) is 0 Å². The number of carbonyl (C=O) groups is 2. The van der Waals surface area contributed by atoms with E-state index in [-0.39, 0.29) is 6.10 Å². The maximum absolute atomic E-state index is 10.8. The molecule has 1 saturated carbocycles. The molecule has 6 heteroatoms. The molecule has 0 spiro atoms. The standard InChI is InChI=1S/C8H12O6/c9-7(10)13-14-8(11)12-6-4-2-1-3-5-6/h6H,1-5H2,(H,9,10). The molecule has 1 rings (SSSR count). The molecule has 0 aromatic carbocycles. The van der Waals surface area contributed by atoms with Gasteiger partial charge in [0.25, 0.3) is 0 Å². The van der Waals surface area contributed by atoms with Crippen LogP contribution in [0.4, 0.5) is 9.59 Å². The van der Waals surface area contributed by atoms with Gasteiger partial charge in [-0.2, -0.15) is 9.68 Å². The molecule has 0 aromatic heterocycles. The predicted molar refractivity (Wildman–Crippen MR) is 43.5 cm³/mol. The first-order chi connectivity index (χ1) is 6.68. The fourth-order valence-electron chi connectivity index (χ4n) is 1.41. The molecule has 14 heavy (non-hydrogen) atoms. The summed E-state index contributed by atoms with van der Waals surface area (Å²) in [7, 11) is 0. The smallest absolute Gasteiger partial charge is 0.447 e. The highest BCUT2D eigenvalue weighted by Gasteiger charge is 2.19. The Morgan fingerprint density at radius 2 is 1.71 bits per heavy atom. The molecule has 1 aliphatic rings. The van der Waals surface area contributed by atoms with Crippen LogP contribution in [0.5, 0.6) is 0 Å². The maximum atomic E-state index is 10.8. The summed E-state index contributed by atoms with van der Waals surface area (Å²) in [5, 5.41) is 8.01. The van der Waals surface area contributed by atoms with Crippen LogP contribution in [0.2, 0.25) is 0 Å². The molecular weight excluding hydrogens is 192 g/mol. The molecule has 0 radical (unpaired) electrons. The van der Waals surface area contributed by atoms with Crippen LogP contribution in [0.1, 0.15) is 32.1 Å². The number of hydrogen-bond acceptors (Lipinski definition) is 5. The van der Waals surface area contributed by atoms with E-state index >= 15 is 0 Å². The zero-order valence-electron chi connectivity index (χ0n) is 7.60. The van der Waals surface area contributed by atoms with Crippen LogP contribution in [-0.4, -0.2) is 23.5 Å². The zero-order valence-corrected chi connectivity index (χ0v) is 7.60. The predicted octanol–water partition coefficient (Wildman–Crippen LogP) is 2.08. The second-order valence-electron chi connectivity index (χ2n) is 3.06. The molecule has 0 saturated heterocycles. The van der Waals surface area contributed by atoms with Crippen LogP contribution in [0.15, 0.2) is 0 Å². The summed E-state index contributed by atoms with van der Waals surface area (Å²) in [6, 6.07) is 0. The van der Waals surface area contributed by atoms with Crippen molar-refractivity contribution in [1.82, 2.24) is 0 Å². The first kappa shape index (κ1) is 10.6. The van der Waals surface area contributed by atoms with Gasteiger partial charge in [0, 0.05) is 0 Å². The van der Waals surface area contributed by atoms with E-state index < -0.39 is 12.3 Å². The Morgan fingerprint density at radius 1 is 1.07 bits per heavy atom. The van der Waals surface area contributed by atoms with Gasteiger partial charge in [0.2, 0.25) is 0 Å². The molecule has 0 aliphatic heterocycles. The number of ether oxygens (including phenoxy) is 1. The van der Waals surface area contributed by atoms with E-state index in [9.17, 15) is 9.59 Å². The topological polar surface area (TPSA) is 82.1 Å². The Hall–Kier alpha value is -1.46. The number of carboxylic acid groups (broad SMARTS) is 1. The largest absolute Gasteiger partial charge is 0.550 e. The van der Waals surface area contributed by atoms with E-state index in [2.05, 4.69) is 9.78 Å². The van der Waals surface area contributed by atoms with E-state index in [1.807, 2.05) is 0 Å². The molecule has 0 aromatic rings. The SMILES string of the molecule is O=C(O)OOC(=O)OC1CCCCC1. The molecule has 0 bridgehead atoms. The van der Waals surface area contributed by atoms with Gasteiger partial charge in [-0.15, -0.1) is 0 Å². The summed E-state index contributed by atoms with van der Waals surface area (Å²) in [5.41, 5.74) is 0. The highest BCUT2D eigenvalue weighted by atomic mass is 17.3. The lowest BCUT2D eigenvalue weighted by atomic mass is 9.98. The first-order valence-corrected chi connectivity index (χ1v) is 4.46. The van der Waals surface area contributed by atoms with E-state index in [4.69, 9.17) is 9.84 Å². The summed E-state index contributed by atoms with van der Waals surface area (Å²) < 4.78 is 4.79. The Balaban J connectivity index is 2.15. The van der Waals surface area contributed by atoms with Crippen molar-refractivity contribution >= 4 is 12.3 Å². The zero-order chi connectivity index (χ0) is 10.4. The van der Waals surface area contributed by atoms with Crippen LogP contribution in [0, 0.1) is 0 Å². The van der Waals surface area contributed by atoms with E-state index in [1.54, 1.807) is 0 Å². The molecule has 0 amide bonds. The fourth-order valence-corrected chi connectivity index (χ4v) is 1.41. The molecule has 1 N–H and O–H groups in total. The van der Waals surface area contributed by atoms with Crippen molar-refractivity contribution in [3.8, 4) is 0 Å². The van der Waals surface area contributed by atoms with Crippen LogP contribution >= 0.6 is 0 Å². The number of hydrogen-bond donors (Lipinski definition) is 1. The summed E-state index contributed by atoms with van der Waals surface area (Å²) in [5.74, 6) is 0. The Morgan fingerprint density at radius 3 is 2.29 bits per heavy atom. The van der Waals surface area contributed by atoms with E-state index in [0.29, 0.717) is 0 Å². The molecule has 80 valence electrons. The lowest BCUT2D eigenvalue weighted by Gasteiger charge is -2.20. The monoisotopic (exact) mass is 204 g/mol. The second-order valence-corrected chi connectivity index (χ2v) is 3.06. The molecular formula is C8H12O6. The third-order valence-corrected chi connectivity index (χ3v) is 2.00. The fraction of sp³-hybridized carbons (Fsp3) is 0.750. The first-order valence-electron chi connectivity index (χ1n) is 4.46. The molecule has 1 fully saturated rings. The van der Waals surface area contributed by atoms with Gasteiger partial charge in [-0.1, -0.05) is 6.42 Å². The summed E-state index contributed by atoms with van der Waals surface area (Å²) in [6.07, 6.45) is 1.80. The quantitative estimate of drug-likeness (QED) is 0.400. The van der Waals surface area contributed by atoms with Gasteiger partial charge < -0.3 is 9.84 Å². The minimum Gasteiger partial charge on any atom is -0.447 e. The average Bonchev–Trinajstić information content (AvgIpc) is 2.16. The van der Waals surface area contributed by atoms with Crippen LogP contribution < -0.4 is 0 Å². The third kappa shape index (κ3) is 3.97.